The largest absolute Gasteiger partial charge is 0.104 e. The molecule has 0 aliphatic carbocycles. The zero-order chi connectivity index (χ0) is 5.82. The topological polar surface area (TPSA) is 0 Å². The zero-order valence-electron chi connectivity index (χ0n) is 4.54. The lowest BCUT2D eigenvalue weighted by Crippen LogP contribution is -1.71. The van der Waals surface area contributed by atoms with Crippen molar-refractivity contribution in [3.63, 3.8) is 0 Å². The molecule has 0 saturated carbocycles. The average Bonchev–Trinajstić information content (AvgIpc) is 1.90. The van der Waals surface area contributed by atoms with Gasteiger partial charge in [0.15, 0.2) is 0 Å². The first-order valence-corrected chi connectivity index (χ1v) is 5.18. The molecule has 8 heavy (non-hydrogen) atoms. The molecule has 2 heteroatoms. The predicted octanol–water partition coefficient (Wildman–Crippen LogP) is 2.77. The van der Waals surface area contributed by atoms with Gasteiger partial charge in [-0.3, -0.25) is 0 Å². The lowest BCUT2D eigenvalue weighted by Gasteiger charge is -2.00. The van der Waals surface area contributed by atoms with Crippen LogP contribution in [-0.2, 0) is 0 Å². The summed E-state index contributed by atoms with van der Waals surface area (Å²) in [5.74, 6) is 0. The molecule has 0 amide bonds. The van der Waals surface area contributed by atoms with E-state index in [-0.39, 0.29) is 0 Å². The summed E-state index contributed by atoms with van der Waals surface area (Å²) in [6.45, 7) is 3.71. The molecule has 1 rings (SSSR count). The Bertz CT molecular complexity index is 145. The van der Waals surface area contributed by atoms with E-state index in [1.165, 1.54) is 0 Å². The Kier molecular flexibility index (Phi) is 2.43. The van der Waals surface area contributed by atoms with Gasteiger partial charge in [-0.05, 0) is 22.6 Å². The monoisotopic (exact) mass is 144 g/mol. The summed E-state index contributed by atoms with van der Waals surface area (Å²) in [7, 11) is 2.15. The van der Waals surface area contributed by atoms with Gasteiger partial charge in [-0.25, -0.2) is 0 Å². The molecule has 0 radical (unpaired) electrons. The first-order chi connectivity index (χ1) is 3.93. The molecule has 0 bridgehead atoms. The minimum atomic E-state index is 0.317. The standard InChI is InChI=1S/C6H8S2/c1-2-8-6-4-3-5-7-8/h2-3,5-6H,1,4H2. The molecular formula is C6H8S2. The smallest absolute Gasteiger partial charge is 0.00944 e. The van der Waals surface area contributed by atoms with Gasteiger partial charge < -0.3 is 0 Å². The van der Waals surface area contributed by atoms with E-state index in [1.807, 2.05) is 16.2 Å². The molecule has 0 spiro atoms. The van der Waals surface area contributed by atoms with Gasteiger partial charge in [0.2, 0.25) is 0 Å². The third-order valence-corrected chi connectivity index (χ3v) is 4.02. The Balaban J connectivity index is 2.55. The maximum Gasteiger partial charge on any atom is -0.00944 e. The van der Waals surface area contributed by atoms with Gasteiger partial charge in [0.1, 0.15) is 0 Å². The van der Waals surface area contributed by atoms with Crippen LogP contribution in [0.25, 0.3) is 0 Å². The van der Waals surface area contributed by atoms with E-state index in [9.17, 15) is 0 Å². The molecule has 1 aliphatic rings. The molecule has 1 atom stereocenters. The third kappa shape index (κ3) is 1.53. The molecule has 0 fully saturated rings. The Morgan fingerprint density at radius 3 is 3.00 bits per heavy atom. The maximum absolute atomic E-state index is 3.71. The summed E-state index contributed by atoms with van der Waals surface area (Å²) in [4.78, 5) is 0. The van der Waals surface area contributed by atoms with Crippen LogP contribution >= 0.6 is 20.3 Å². The molecule has 1 unspecified atom stereocenters. The van der Waals surface area contributed by atoms with Crippen LogP contribution in [0.4, 0.5) is 0 Å². The summed E-state index contributed by atoms with van der Waals surface area (Å²) in [5.41, 5.74) is 0. The van der Waals surface area contributed by atoms with Gasteiger partial charge in [0.05, 0.1) is 0 Å². The van der Waals surface area contributed by atoms with Crippen LogP contribution in [-0.4, -0.2) is 5.37 Å². The van der Waals surface area contributed by atoms with Crippen LogP contribution < -0.4 is 0 Å². The second kappa shape index (κ2) is 3.15. The van der Waals surface area contributed by atoms with Crippen molar-refractivity contribution in [2.45, 2.75) is 6.42 Å². The normalized spacial score (nSPS) is 26.8. The van der Waals surface area contributed by atoms with Gasteiger partial charge in [-0.1, -0.05) is 23.4 Å². The fourth-order valence-corrected chi connectivity index (χ4v) is 2.70. The van der Waals surface area contributed by atoms with Crippen molar-refractivity contribution in [3.05, 3.63) is 23.5 Å². The van der Waals surface area contributed by atoms with Crippen LogP contribution in [0.5, 0.6) is 0 Å². The Hall–Kier alpha value is 0.0500. The van der Waals surface area contributed by atoms with Crippen molar-refractivity contribution in [1.82, 2.24) is 0 Å². The number of rotatable bonds is 1. The van der Waals surface area contributed by atoms with Gasteiger partial charge in [0, 0.05) is 0 Å². The zero-order valence-corrected chi connectivity index (χ0v) is 6.17. The van der Waals surface area contributed by atoms with Gasteiger partial charge in [-0.2, -0.15) is 0 Å². The highest BCUT2D eigenvalue weighted by atomic mass is 33.1. The number of hydrogen-bond donors (Lipinski definition) is 0. The minimum absolute atomic E-state index is 0.317. The Morgan fingerprint density at radius 1 is 1.75 bits per heavy atom. The van der Waals surface area contributed by atoms with Crippen LogP contribution in [0.2, 0.25) is 0 Å². The highest BCUT2D eigenvalue weighted by Crippen LogP contribution is 2.34. The van der Waals surface area contributed by atoms with Crippen molar-refractivity contribution in [2.75, 3.05) is 0 Å². The van der Waals surface area contributed by atoms with Gasteiger partial charge >= 0.3 is 0 Å². The molecule has 0 aromatic carbocycles. The van der Waals surface area contributed by atoms with Crippen molar-refractivity contribution >= 4 is 25.7 Å². The number of allylic oxidation sites excluding steroid dienone is 1. The van der Waals surface area contributed by atoms with E-state index in [0.717, 1.165) is 6.42 Å². The highest BCUT2D eigenvalue weighted by Gasteiger charge is 1.89. The van der Waals surface area contributed by atoms with E-state index in [1.54, 1.807) is 0 Å². The molecule has 0 nitrogen and oxygen atoms in total. The summed E-state index contributed by atoms with van der Waals surface area (Å²) >= 11 is 0. The van der Waals surface area contributed by atoms with E-state index in [2.05, 4.69) is 23.4 Å². The lowest BCUT2D eigenvalue weighted by molar-refractivity contribution is 1.59. The molecule has 0 N–H and O–H groups in total. The molecule has 1 heterocycles. The lowest BCUT2D eigenvalue weighted by atomic mass is 10.5. The predicted molar refractivity (Wildman–Crippen MR) is 45.2 cm³/mol. The minimum Gasteiger partial charge on any atom is -0.104 e. The molecular weight excluding hydrogens is 136 g/mol. The van der Waals surface area contributed by atoms with Crippen LogP contribution in [0, 0.1) is 0 Å². The van der Waals surface area contributed by atoms with Gasteiger partial charge in [-0.15, -0.1) is 9.52 Å². The first-order valence-electron chi connectivity index (χ1n) is 2.43. The van der Waals surface area contributed by atoms with Crippen LogP contribution in [0.3, 0.4) is 0 Å². The molecule has 0 aromatic rings. The first kappa shape index (κ1) is 6.17. The third-order valence-electron chi connectivity index (χ3n) is 0.824. The van der Waals surface area contributed by atoms with E-state index >= 15 is 0 Å². The Morgan fingerprint density at radius 2 is 2.62 bits per heavy atom. The molecule has 1 aliphatic heterocycles. The van der Waals surface area contributed by atoms with Crippen molar-refractivity contribution in [2.24, 2.45) is 0 Å². The summed E-state index contributed by atoms with van der Waals surface area (Å²) < 4.78 is 0. The van der Waals surface area contributed by atoms with E-state index in [4.69, 9.17) is 0 Å². The molecule has 44 valence electrons. The quantitative estimate of drug-likeness (QED) is 0.403. The molecule has 0 aromatic heterocycles. The molecule has 0 saturated heterocycles. The second-order valence-corrected chi connectivity index (χ2v) is 4.89. The fourth-order valence-electron chi connectivity index (χ4n) is 0.456. The SMILES string of the molecule is C=CS1=CCC=CS1. The van der Waals surface area contributed by atoms with Crippen LogP contribution in [0.1, 0.15) is 6.42 Å². The summed E-state index contributed by atoms with van der Waals surface area (Å²) in [6, 6.07) is 0. The van der Waals surface area contributed by atoms with Crippen LogP contribution in [0.15, 0.2) is 23.5 Å². The maximum atomic E-state index is 3.71. The summed E-state index contributed by atoms with van der Waals surface area (Å²) in [5, 5.41) is 6.41. The second-order valence-electron chi connectivity index (χ2n) is 1.37. The van der Waals surface area contributed by atoms with E-state index in [0.29, 0.717) is 9.52 Å². The average molecular weight is 144 g/mol. The number of hydrogen-bond acceptors (Lipinski definition) is 1. The fraction of sp³-hybridized carbons (Fsp3) is 0.167. The van der Waals surface area contributed by atoms with Crippen molar-refractivity contribution in [1.29, 1.82) is 0 Å². The summed E-state index contributed by atoms with van der Waals surface area (Å²) in [6.07, 6.45) is 3.28. The highest BCUT2D eigenvalue weighted by molar-refractivity contribution is 8.85. The van der Waals surface area contributed by atoms with Crippen molar-refractivity contribution in [3.8, 4) is 0 Å². The van der Waals surface area contributed by atoms with Crippen molar-refractivity contribution < 1.29 is 0 Å². The Labute approximate surface area is 56.0 Å². The van der Waals surface area contributed by atoms with Gasteiger partial charge in [0.25, 0.3) is 0 Å². The van der Waals surface area contributed by atoms with E-state index < -0.39 is 0 Å².